The smallest absolute Gasteiger partial charge is 0.408 e. The number of carbonyl (C=O) groups excluding carboxylic acids is 1. The number of oxazole rings is 1. The summed E-state index contributed by atoms with van der Waals surface area (Å²) in [7, 11) is 0. The maximum Gasteiger partial charge on any atom is 0.408 e. The molecular formula is C18H19N3O5. The van der Waals surface area contributed by atoms with E-state index in [0.717, 1.165) is 0 Å². The minimum atomic E-state index is -1.16. The fourth-order valence-corrected chi connectivity index (χ4v) is 2.13. The first-order valence-electron chi connectivity index (χ1n) is 7.85. The Morgan fingerprint density at radius 3 is 2.50 bits per heavy atom. The van der Waals surface area contributed by atoms with E-state index in [9.17, 15) is 14.7 Å². The van der Waals surface area contributed by atoms with Crippen molar-refractivity contribution >= 4 is 12.1 Å². The van der Waals surface area contributed by atoms with Crippen LogP contribution >= 0.6 is 0 Å². The molecule has 1 amide bonds. The highest BCUT2D eigenvalue weighted by Crippen LogP contribution is 2.19. The van der Waals surface area contributed by atoms with Gasteiger partial charge in [0.2, 0.25) is 5.89 Å². The lowest BCUT2D eigenvalue weighted by atomic mass is 10.0. The SMILES string of the molecule is CC(C)(C)OC(=O)N[C@@H](Cc1ccc(-c2nc(C#N)co2)cc1)C(=O)O. The van der Waals surface area contributed by atoms with E-state index in [4.69, 9.17) is 14.4 Å². The molecule has 8 nitrogen and oxygen atoms in total. The average Bonchev–Trinajstić information content (AvgIpc) is 3.02. The molecule has 0 unspecified atom stereocenters. The number of amides is 1. The number of nitriles is 1. The number of hydrogen-bond acceptors (Lipinski definition) is 6. The third kappa shape index (κ3) is 5.34. The number of carbonyl (C=O) groups is 2. The van der Waals surface area contributed by atoms with Crippen LogP contribution in [0.3, 0.4) is 0 Å². The number of benzene rings is 1. The molecule has 8 heteroatoms. The quantitative estimate of drug-likeness (QED) is 0.842. The van der Waals surface area contributed by atoms with Gasteiger partial charge in [0.25, 0.3) is 0 Å². The molecule has 0 bridgehead atoms. The summed E-state index contributed by atoms with van der Waals surface area (Å²) in [6, 6.07) is 7.58. The first-order valence-corrected chi connectivity index (χ1v) is 7.85. The molecule has 0 radical (unpaired) electrons. The Morgan fingerprint density at radius 2 is 2.00 bits per heavy atom. The predicted molar refractivity (Wildman–Crippen MR) is 91.2 cm³/mol. The number of rotatable bonds is 5. The zero-order chi connectivity index (χ0) is 19.3. The van der Waals surface area contributed by atoms with Crippen molar-refractivity contribution in [2.45, 2.75) is 38.8 Å². The van der Waals surface area contributed by atoms with E-state index >= 15 is 0 Å². The Bertz CT molecular complexity index is 828. The molecule has 1 aromatic carbocycles. The van der Waals surface area contributed by atoms with Crippen molar-refractivity contribution in [2.24, 2.45) is 0 Å². The van der Waals surface area contributed by atoms with Gasteiger partial charge in [-0.2, -0.15) is 10.2 Å². The maximum absolute atomic E-state index is 11.8. The van der Waals surface area contributed by atoms with Gasteiger partial charge in [-0.25, -0.2) is 9.59 Å². The maximum atomic E-state index is 11.8. The minimum absolute atomic E-state index is 0.0872. The van der Waals surface area contributed by atoms with Crippen molar-refractivity contribution in [3.05, 3.63) is 41.8 Å². The zero-order valence-corrected chi connectivity index (χ0v) is 14.6. The van der Waals surface area contributed by atoms with Crippen molar-refractivity contribution < 1.29 is 23.8 Å². The third-order valence-electron chi connectivity index (χ3n) is 3.25. The largest absolute Gasteiger partial charge is 0.480 e. The van der Waals surface area contributed by atoms with E-state index in [1.54, 1.807) is 45.0 Å². The second-order valence-corrected chi connectivity index (χ2v) is 6.59. The average molecular weight is 357 g/mol. The fourth-order valence-electron chi connectivity index (χ4n) is 2.13. The Kier molecular flexibility index (Phi) is 5.62. The normalized spacial score (nSPS) is 12.1. The summed E-state index contributed by atoms with van der Waals surface area (Å²) in [6.45, 7) is 5.09. The van der Waals surface area contributed by atoms with Crippen LogP contribution in [0.2, 0.25) is 0 Å². The highest BCUT2D eigenvalue weighted by atomic mass is 16.6. The standard InChI is InChI=1S/C18H19N3O5/c1-18(2,3)26-17(24)21-14(16(22)23)8-11-4-6-12(7-5-11)15-20-13(9-19)10-25-15/h4-7,10,14H,8H2,1-3H3,(H,21,24)(H,22,23)/t14-/m0/s1. The third-order valence-corrected chi connectivity index (χ3v) is 3.25. The molecule has 0 saturated heterocycles. The highest BCUT2D eigenvalue weighted by Gasteiger charge is 2.24. The van der Waals surface area contributed by atoms with Crippen LogP contribution in [-0.2, 0) is 16.0 Å². The number of ether oxygens (including phenoxy) is 1. The lowest BCUT2D eigenvalue weighted by Gasteiger charge is -2.22. The van der Waals surface area contributed by atoms with Gasteiger partial charge in [-0.05, 0) is 38.5 Å². The summed E-state index contributed by atoms with van der Waals surface area (Å²) in [5.74, 6) is -0.860. The number of aromatic nitrogens is 1. The van der Waals surface area contributed by atoms with Gasteiger partial charge >= 0.3 is 12.1 Å². The van der Waals surface area contributed by atoms with Gasteiger partial charge in [0, 0.05) is 12.0 Å². The van der Waals surface area contributed by atoms with Crippen LogP contribution in [0, 0.1) is 11.3 Å². The molecule has 26 heavy (non-hydrogen) atoms. The number of aliphatic carboxylic acids is 1. The second kappa shape index (κ2) is 7.70. The van der Waals surface area contributed by atoms with Crippen LogP contribution in [0.25, 0.3) is 11.5 Å². The Balaban J connectivity index is 2.06. The lowest BCUT2D eigenvalue weighted by Crippen LogP contribution is -2.44. The van der Waals surface area contributed by atoms with Crippen molar-refractivity contribution in [3.63, 3.8) is 0 Å². The van der Waals surface area contributed by atoms with Crippen molar-refractivity contribution in [3.8, 4) is 17.5 Å². The van der Waals surface area contributed by atoms with E-state index in [0.29, 0.717) is 17.0 Å². The molecule has 0 fully saturated rings. The molecule has 0 aliphatic carbocycles. The van der Waals surface area contributed by atoms with Gasteiger partial charge in [0.15, 0.2) is 5.69 Å². The van der Waals surface area contributed by atoms with Gasteiger partial charge < -0.3 is 19.6 Å². The van der Waals surface area contributed by atoms with Crippen LogP contribution in [0.15, 0.2) is 34.9 Å². The van der Waals surface area contributed by atoms with E-state index in [2.05, 4.69) is 10.3 Å². The van der Waals surface area contributed by atoms with Crippen LogP contribution < -0.4 is 5.32 Å². The Hall–Kier alpha value is -3.34. The number of carboxylic acids is 1. The molecule has 2 N–H and O–H groups in total. The first kappa shape index (κ1) is 19.0. The van der Waals surface area contributed by atoms with Crippen molar-refractivity contribution in [2.75, 3.05) is 0 Å². The molecular weight excluding hydrogens is 338 g/mol. The van der Waals surface area contributed by atoms with Gasteiger partial charge in [-0.15, -0.1) is 0 Å². The molecule has 0 spiro atoms. The predicted octanol–water partition coefficient (Wildman–Crippen LogP) is 2.73. The van der Waals surface area contributed by atoms with Crippen LogP contribution in [0.1, 0.15) is 32.0 Å². The topological polar surface area (TPSA) is 125 Å². The molecule has 0 aliphatic rings. The zero-order valence-electron chi connectivity index (χ0n) is 14.6. The summed E-state index contributed by atoms with van der Waals surface area (Å²) >= 11 is 0. The Morgan fingerprint density at radius 1 is 1.35 bits per heavy atom. The van der Waals surface area contributed by atoms with Gasteiger partial charge in [0.05, 0.1) is 0 Å². The fraction of sp³-hybridized carbons (Fsp3) is 0.333. The van der Waals surface area contributed by atoms with Crippen LogP contribution in [0.4, 0.5) is 4.79 Å². The van der Waals surface area contributed by atoms with Crippen LogP contribution in [-0.4, -0.2) is 33.8 Å². The second-order valence-electron chi connectivity index (χ2n) is 6.59. The van der Waals surface area contributed by atoms with Gasteiger partial charge in [-0.1, -0.05) is 12.1 Å². The van der Waals surface area contributed by atoms with Crippen LogP contribution in [0.5, 0.6) is 0 Å². The summed E-state index contributed by atoms with van der Waals surface area (Å²) in [5, 5.41) is 20.4. The minimum Gasteiger partial charge on any atom is -0.480 e. The number of alkyl carbamates (subject to hydrolysis) is 1. The highest BCUT2D eigenvalue weighted by molar-refractivity contribution is 5.80. The molecule has 0 saturated carbocycles. The monoisotopic (exact) mass is 357 g/mol. The molecule has 2 rings (SSSR count). The molecule has 136 valence electrons. The molecule has 0 aliphatic heterocycles. The van der Waals surface area contributed by atoms with Crippen molar-refractivity contribution in [1.82, 2.24) is 10.3 Å². The number of nitrogens with zero attached hydrogens (tertiary/aromatic N) is 2. The van der Waals surface area contributed by atoms with Gasteiger partial charge in [-0.3, -0.25) is 0 Å². The number of carboxylic acid groups (broad SMARTS) is 1. The first-order chi connectivity index (χ1) is 12.2. The summed E-state index contributed by atoms with van der Waals surface area (Å²) in [5.41, 5.74) is 0.815. The summed E-state index contributed by atoms with van der Waals surface area (Å²) in [4.78, 5) is 27.2. The summed E-state index contributed by atoms with van der Waals surface area (Å²) < 4.78 is 10.3. The number of nitrogens with one attached hydrogen (secondary N) is 1. The molecule has 1 atom stereocenters. The van der Waals surface area contributed by atoms with E-state index < -0.39 is 23.7 Å². The van der Waals surface area contributed by atoms with Crippen molar-refractivity contribution in [1.29, 1.82) is 5.26 Å². The van der Waals surface area contributed by atoms with E-state index in [1.165, 1.54) is 6.26 Å². The van der Waals surface area contributed by atoms with Gasteiger partial charge in [0.1, 0.15) is 24.0 Å². The Labute approximate surface area is 150 Å². The van der Waals surface area contributed by atoms with E-state index in [1.807, 2.05) is 6.07 Å². The van der Waals surface area contributed by atoms with E-state index in [-0.39, 0.29) is 12.1 Å². The molecule has 2 aromatic rings. The number of hydrogen-bond donors (Lipinski definition) is 2. The molecule has 1 heterocycles. The molecule has 1 aromatic heterocycles. The summed E-state index contributed by atoms with van der Waals surface area (Å²) in [6.07, 6.45) is 0.559. The lowest BCUT2D eigenvalue weighted by molar-refractivity contribution is -0.139.